The molecule has 28 heavy (non-hydrogen) atoms. The SMILES string of the molecule is Fc1ccc(-c2cncc(CNCCOc3ccc4cccnc4c3)c2)cc1. The first-order valence-corrected chi connectivity index (χ1v) is 9.16. The topological polar surface area (TPSA) is 47.0 Å². The minimum atomic E-state index is -0.239. The molecule has 0 atom stereocenters. The molecule has 0 bridgehead atoms. The first-order chi connectivity index (χ1) is 13.8. The third kappa shape index (κ3) is 4.50. The predicted octanol–water partition coefficient (Wildman–Crippen LogP) is 4.60. The zero-order valence-corrected chi connectivity index (χ0v) is 15.3. The number of halogens is 1. The molecule has 0 aliphatic carbocycles. The highest BCUT2D eigenvalue weighted by molar-refractivity contribution is 5.79. The van der Waals surface area contributed by atoms with Crippen molar-refractivity contribution in [1.82, 2.24) is 15.3 Å². The Bertz CT molecular complexity index is 1070. The Morgan fingerprint density at radius 1 is 0.929 bits per heavy atom. The van der Waals surface area contributed by atoms with E-state index in [0.29, 0.717) is 19.7 Å². The van der Waals surface area contributed by atoms with Gasteiger partial charge in [-0.25, -0.2) is 4.39 Å². The molecule has 0 saturated carbocycles. The van der Waals surface area contributed by atoms with Crippen LogP contribution < -0.4 is 10.1 Å². The fourth-order valence-electron chi connectivity index (χ4n) is 2.99. The van der Waals surface area contributed by atoms with Gasteiger partial charge in [-0.2, -0.15) is 0 Å². The maximum absolute atomic E-state index is 13.1. The number of fused-ring (bicyclic) bond motifs is 1. The van der Waals surface area contributed by atoms with Gasteiger partial charge in [0.15, 0.2) is 0 Å². The highest BCUT2D eigenvalue weighted by Gasteiger charge is 2.02. The van der Waals surface area contributed by atoms with E-state index >= 15 is 0 Å². The van der Waals surface area contributed by atoms with Crippen LogP contribution in [0.25, 0.3) is 22.0 Å². The number of benzene rings is 2. The average Bonchev–Trinajstić information content (AvgIpc) is 2.74. The molecule has 5 heteroatoms. The van der Waals surface area contributed by atoms with Gasteiger partial charge in [0, 0.05) is 48.7 Å². The Balaban J connectivity index is 1.28. The minimum absolute atomic E-state index is 0.239. The number of ether oxygens (including phenoxy) is 1. The molecule has 0 spiro atoms. The molecule has 0 amide bonds. The zero-order valence-electron chi connectivity index (χ0n) is 15.3. The van der Waals surface area contributed by atoms with Gasteiger partial charge in [0.25, 0.3) is 0 Å². The smallest absolute Gasteiger partial charge is 0.123 e. The third-order valence-electron chi connectivity index (χ3n) is 4.43. The summed E-state index contributed by atoms with van der Waals surface area (Å²) >= 11 is 0. The number of nitrogens with zero attached hydrogens (tertiary/aromatic N) is 2. The van der Waals surface area contributed by atoms with Crippen molar-refractivity contribution in [2.75, 3.05) is 13.2 Å². The van der Waals surface area contributed by atoms with E-state index in [1.54, 1.807) is 24.5 Å². The normalized spacial score (nSPS) is 10.9. The Morgan fingerprint density at radius 2 is 1.82 bits per heavy atom. The van der Waals surface area contributed by atoms with E-state index in [4.69, 9.17) is 4.74 Å². The Morgan fingerprint density at radius 3 is 2.71 bits per heavy atom. The van der Waals surface area contributed by atoms with E-state index in [2.05, 4.69) is 21.4 Å². The van der Waals surface area contributed by atoms with Crippen LogP contribution in [0.3, 0.4) is 0 Å². The molecule has 0 fully saturated rings. The van der Waals surface area contributed by atoms with Crippen molar-refractivity contribution in [3.63, 3.8) is 0 Å². The van der Waals surface area contributed by atoms with Crippen molar-refractivity contribution in [3.05, 3.63) is 90.6 Å². The fourth-order valence-corrected chi connectivity index (χ4v) is 2.99. The van der Waals surface area contributed by atoms with Gasteiger partial charge >= 0.3 is 0 Å². The summed E-state index contributed by atoms with van der Waals surface area (Å²) in [6.07, 6.45) is 5.39. The van der Waals surface area contributed by atoms with E-state index < -0.39 is 0 Å². The third-order valence-corrected chi connectivity index (χ3v) is 4.43. The summed E-state index contributed by atoms with van der Waals surface area (Å²) in [4.78, 5) is 8.63. The molecule has 140 valence electrons. The van der Waals surface area contributed by atoms with Crippen LogP contribution in [0.4, 0.5) is 4.39 Å². The summed E-state index contributed by atoms with van der Waals surface area (Å²) in [7, 11) is 0. The minimum Gasteiger partial charge on any atom is -0.492 e. The first-order valence-electron chi connectivity index (χ1n) is 9.16. The van der Waals surface area contributed by atoms with Crippen LogP contribution in [0, 0.1) is 5.82 Å². The van der Waals surface area contributed by atoms with Crippen LogP contribution >= 0.6 is 0 Å². The number of nitrogens with one attached hydrogen (secondary N) is 1. The highest BCUT2D eigenvalue weighted by Crippen LogP contribution is 2.20. The standard InChI is InChI=1S/C23H20FN3O/c24-21-6-3-18(4-7-21)20-12-17(15-26-16-20)14-25-10-11-28-22-8-5-19-2-1-9-27-23(19)13-22/h1-9,12-13,15-16,25H,10-11,14H2. The second-order valence-electron chi connectivity index (χ2n) is 6.47. The maximum atomic E-state index is 13.1. The number of hydrogen-bond donors (Lipinski definition) is 1. The van der Waals surface area contributed by atoms with E-state index in [9.17, 15) is 4.39 Å². The zero-order chi connectivity index (χ0) is 19.2. The molecule has 4 rings (SSSR count). The van der Waals surface area contributed by atoms with Crippen molar-refractivity contribution in [1.29, 1.82) is 0 Å². The van der Waals surface area contributed by atoms with Crippen LogP contribution in [0.15, 0.2) is 79.3 Å². The van der Waals surface area contributed by atoms with Gasteiger partial charge in [-0.05, 0) is 47.5 Å². The Hall–Kier alpha value is -3.31. The van der Waals surface area contributed by atoms with Crippen molar-refractivity contribution < 1.29 is 9.13 Å². The van der Waals surface area contributed by atoms with Crippen molar-refractivity contribution in [2.45, 2.75) is 6.54 Å². The summed E-state index contributed by atoms with van der Waals surface area (Å²) in [6, 6.07) is 18.4. The number of rotatable bonds is 7. The molecular weight excluding hydrogens is 353 g/mol. The van der Waals surface area contributed by atoms with Crippen LogP contribution in [0.2, 0.25) is 0 Å². The van der Waals surface area contributed by atoms with Gasteiger partial charge < -0.3 is 10.1 Å². The van der Waals surface area contributed by atoms with Crippen molar-refractivity contribution in [2.24, 2.45) is 0 Å². The summed E-state index contributed by atoms with van der Waals surface area (Å²) < 4.78 is 18.9. The lowest BCUT2D eigenvalue weighted by Crippen LogP contribution is -2.20. The van der Waals surface area contributed by atoms with Crippen LogP contribution in [-0.2, 0) is 6.54 Å². The summed E-state index contributed by atoms with van der Waals surface area (Å²) in [6.45, 7) is 1.95. The molecule has 2 aromatic heterocycles. The fraction of sp³-hybridized carbons (Fsp3) is 0.130. The predicted molar refractivity (Wildman–Crippen MR) is 109 cm³/mol. The van der Waals surface area contributed by atoms with Crippen LogP contribution in [-0.4, -0.2) is 23.1 Å². The highest BCUT2D eigenvalue weighted by atomic mass is 19.1. The van der Waals surface area contributed by atoms with E-state index in [1.165, 1.54) is 12.1 Å². The van der Waals surface area contributed by atoms with E-state index in [-0.39, 0.29) is 5.82 Å². The monoisotopic (exact) mass is 373 g/mol. The maximum Gasteiger partial charge on any atom is 0.123 e. The molecular formula is C23H20FN3O. The van der Waals surface area contributed by atoms with Gasteiger partial charge in [-0.15, -0.1) is 0 Å². The Kier molecular flexibility index (Phi) is 5.54. The van der Waals surface area contributed by atoms with Crippen molar-refractivity contribution in [3.8, 4) is 16.9 Å². The molecule has 0 unspecified atom stereocenters. The van der Waals surface area contributed by atoms with Gasteiger partial charge in [0.1, 0.15) is 18.2 Å². The summed E-state index contributed by atoms with van der Waals surface area (Å²) in [5, 5.41) is 4.45. The molecule has 0 aliphatic rings. The second-order valence-corrected chi connectivity index (χ2v) is 6.47. The molecule has 2 heterocycles. The first kappa shape index (κ1) is 18.1. The molecule has 1 N–H and O–H groups in total. The number of aromatic nitrogens is 2. The van der Waals surface area contributed by atoms with Gasteiger partial charge in [-0.1, -0.05) is 18.2 Å². The largest absolute Gasteiger partial charge is 0.492 e. The summed E-state index contributed by atoms with van der Waals surface area (Å²) in [5.41, 5.74) is 3.91. The molecule has 4 nitrogen and oxygen atoms in total. The number of hydrogen-bond acceptors (Lipinski definition) is 4. The van der Waals surface area contributed by atoms with Crippen molar-refractivity contribution >= 4 is 10.9 Å². The average molecular weight is 373 g/mol. The van der Waals surface area contributed by atoms with E-state index in [1.807, 2.05) is 36.5 Å². The van der Waals surface area contributed by atoms with E-state index in [0.717, 1.165) is 33.3 Å². The number of pyridine rings is 2. The molecule has 2 aromatic carbocycles. The lowest BCUT2D eigenvalue weighted by atomic mass is 10.1. The molecule has 0 aliphatic heterocycles. The lowest BCUT2D eigenvalue weighted by molar-refractivity contribution is 0.314. The summed E-state index contributed by atoms with van der Waals surface area (Å²) in [5.74, 6) is 0.574. The Labute approximate surface area is 163 Å². The molecule has 0 saturated heterocycles. The van der Waals surface area contributed by atoms with Crippen LogP contribution in [0.5, 0.6) is 5.75 Å². The second kappa shape index (κ2) is 8.59. The van der Waals surface area contributed by atoms with Gasteiger partial charge in [0.2, 0.25) is 0 Å². The van der Waals surface area contributed by atoms with Gasteiger partial charge in [-0.3, -0.25) is 9.97 Å². The molecule has 4 aromatic rings. The lowest BCUT2D eigenvalue weighted by Gasteiger charge is -2.09. The molecule has 0 radical (unpaired) electrons. The van der Waals surface area contributed by atoms with Crippen LogP contribution in [0.1, 0.15) is 5.56 Å². The van der Waals surface area contributed by atoms with Gasteiger partial charge in [0.05, 0.1) is 5.52 Å². The quantitative estimate of drug-likeness (QED) is 0.481.